The van der Waals surface area contributed by atoms with Gasteiger partial charge in [-0.1, -0.05) is 30.3 Å². The molecule has 1 amide bonds. The zero-order valence-electron chi connectivity index (χ0n) is 13.4. The summed E-state index contributed by atoms with van der Waals surface area (Å²) < 4.78 is 0. The molecule has 0 saturated heterocycles. The van der Waals surface area contributed by atoms with Crippen LogP contribution in [0.5, 0.6) is 0 Å². The summed E-state index contributed by atoms with van der Waals surface area (Å²) in [7, 11) is 0. The number of para-hydroxylation sites is 2. The second-order valence-electron chi connectivity index (χ2n) is 5.43. The number of benzene rings is 2. The fourth-order valence-corrected chi connectivity index (χ4v) is 2.61. The van der Waals surface area contributed by atoms with Crippen molar-refractivity contribution in [2.75, 3.05) is 5.32 Å². The molecule has 3 aromatic rings. The molecule has 25 heavy (non-hydrogen) atoms. The SMILES string of the molecule is Cc1cccc2c(=O)c(C(=O)NNC(=S)Nc3ccccc3)c[nH]c12. The monoisotopic (exact) mass is 352 g/mol. The van der Waals surface area contributed by atoms with E-state index in [-0.39, 0.29) is 16.1 Å². The number of amides is 1. The van der Waals surface area contributed by atoms with Gasteiger partial charge in [-0.2, -0.15) is 0 Å². The van der Waals surface area contributed by atoms with Gasteiger partial charge in [0.15, 0.2) is 5.11 Å². The molecule has 1 heterocycles. The van der Waals surface area contributed by atoms with E-state index in [0.29, 0.717) is 5.39 Å². The van der Waals surface area contributed by atoms with Crippen LogP contribution in [0.2, 0.25) is 0 Å². The lowest BCUT2D eigenvalue weighted by Crippen LogP contribution is -2.45. The van der Waals surface area contributed by atoms with Gasteiger partial charge in [-0.05, 0) is 42.9 Å². The molecule has 0 unspecified atom stereocenters. The van der Waals surface area contributed by atoms with E-state index in [1.165, 1.54) is 6.20 Å². The number of aromatic nitrogens is 1. The predicted molar refractivity (Wildman–Crippen MR) is 103 cm³/mol. The Morgan fingerprint density at radius 3 is 2.56 bits per heavy atom. The van der Waals surface area contributed by atoms with E-state index < -0.39 is 5.91 Å². The van der Waals surface area contributed by atoms with Crippen molar-refractivity contribution in [3.05, 3.63) is 76.1 Å². The minimum atomic E-state index is -0.568. The van der Waals surface area contributed by atoms with Gasteiger partial charge in [-0.3, -0.25) is 20.4 Å². The molecule has 0 aliphatic carbocycles. The van der Waals surface area contributed by atoms with Crippen LogP contribution < -0.4 is 21.6 Å². The summed E-state index contributed by atoms with van der Waals surface area (Å²) in [4.78, 5) is 27.8. The molecule has 0 bridgehead atoms. The average molecular weight is 352 g/mol. The fraction of sp³-hybridized carbons (Fsp3) is 0.0556. The number of H-pyrrole nitrogens is 1. The maximum atomic E-state index is 12.5. The molecule has 0 aliphatic heterocycles. The number of thiocarbonyl (C=S) groups is 1. The van der Waals surface area contributed by atoms with Crippen LogP contribution in [0, 0.1) is 6.92 Å². The molecule has 0 radical (unpaired) electrons. The number of carbonyl (C=O) groups excluding carboxylic acids is 1. The zero-order valence-corrected chi connectivity index (χ0v) is 14.2. The largest absolute Gasteiger partial charge is 0.360 e. The van der Waals surface area contributed by atoms with Gasteiger partial charge in [0.25, 0.3) is 5.91 Å². The minimum Gasteiger partial charge on any atom is -0.360 e. The molecular formula is C18H16N4O2S. The van der Waals surface area contributed by atoms with E-state index in [4.69, 9.17) is 12.2 Å². The van der Waals surface area contributed by atoms with Crippen molar-refractivity contribution >= 4 is 39.8 Å². The summed E-state index contributed by atoms with van der Waals surface area (Å²) in [6, 6.07) is 14.7. The molecule has 4 N–H and O–H groups in total. The number of pyridine rings is 1. The van der Waals surface area contributed by atoms with Gasteiger partial charge >= 0.3 is 0 Å². The Morgan fingerprint density at radius 1 is 1.04 bits per heavy atom. The van der Waals surface area contributed by atoms with Gasteiger partial charge in [-0.15, -0.1) is 0 Å². The molecule has 6 nitrogen and oxygen atoms in total. The highest BCUT2D eigenvalue weighted by Crippen LogP contribution is 2.12. The molecule has 0 spiro atoms. The molecule has 3 rings (SSSR count). The van der Waals surface area contributed by atoms with E-state index in [0.717, 1.165) is 16.8 Å². The number of hydrogen-bond acceptors (Lipinski definition) is 3. The van der Waals surface area contributed by atoms with Crippen LogP contribution in [0.3, 0.4) is 0 Å². The molecular weight excluding hydrogens is 336 g/mol. The average Bonchev–Trinajstić information content (AvgIpc) is 2.61. The van der Waals surface area contributed by atoms with Crippen molar-refractivity contribution in [2.45, 2.75) is 6.92 Å². The summed E-state index contributed by atoms with van der Waals surface area (Å²) in [5.41, 5.74) is 7.13. The Bertz CT molecular complexity index is 999. The number of anilines is 1. The lowest BCUT2D eigenvalue weighted by atomic mass is 10.1. The van der Waals surface area contributed by atoms with Crippen LogP contribution in [0.15, 0.2) is 59.5 Å². The van der Waals surface area contributed by atoms with Crippen molar-refractivity contribution in [1.29, 1.82) is 0 Å². The number of hydrogen-bond donors (Lipinski definition) is 4. The highest BCUT2D eigenvalue weighted by Gasteiger charge is 2.13. The van der Waals surface area contributed by atoms with E-state index >= 15 is 0 Å². The lowest BCUT2D eigenvalue weighted by Gasteiger charge is -2.11. The fourth-order valence-electron chi connectivity index (χ4n) is 2.44. The first-order chi connectivity index (χ1) is 12.1. The number of aryl methyl sites for hydroxylation is 1. The second kappa shape index (κ2) is 7.14. The highest BCUT2D eigenvalue weighted by atomic mass is 32.1. The normalized spacial score (nSPS) is 10.3. The number of fused-ring (bicyclic) bond motifs is 1. The molecule has 7 heteroatoms. The van der Waals surface area contributed by atoms with Crippen molar-refractivity contribution in [3.8, 4) is 0 Å². The second-order valence-corrected chi connectivity index (χ2v) is 5.84. The number of nitrogens with one attached hydrogen (secondary N) is 4. The van der Waals surface area contributed by atoms with Gasteiger partial charge in [0.05, 0.1) is 5.52 Å². The van der Waals surface area contributed by atoms with E-state index in [1.807, 2.05) is 43.3 Å². The van der Waals surface area contributed by atoms with Crippen LogP contribution in [-0.4, -0.2) is 16.0 Å². The summed E-state index contributed by atoms with van der Waals surface area (Å²) in [6.45, 7) is 1.90. The maximum absolute atomic E-state index is 12.5. The number of hydrazine groups is 1. The highest BCUT2D eigenvalue weighted by molar-refractivity contribution is 7.80. The Hall–Kier alpha value is -3.19. The van der Waals surface area contributed by atoms with E-state index in [2.05, 4.69) is 21.2 Å². The maximum Gasteiger partial charge on any atom is 0.275 e. The first-order valence-electron chi connectivity index (χ1n) is 7.59. The number of aromatic amines is 1. The Kier molecular flexibility index (Phi) is 4.76. The number of rotatable bonds is 2. The molecule has 0 saturated carbocycles. The van der Waals surface area contributed by atoms with E-state index in [9.17, 15) is 9.59 Å². The molecule has 0 fully saturated rings. The van der Waals surface area contributed by atoms with Crippen molar-refractivity contribution in [3.63, 3.8) is 0 Å². The van der Waals surface area contributed by atoms with Crippen molar-refractivity contribution < 1.29 is 4.79 Å². The standard InChI is InChI=1S/C18H16N4O2S/c1-11-6-5-9-13-15(11)19-10-14(16(13)23)17(24)21-22-18(25)20-12-7-3-2-4-8-12/h2-10H,1H3,(H,19,23)(H,21,24)(H2,20,22,25). The number of carbonyl (C=O) groups is 1. The van der Waals surface area contributed by atoms with Crippen molar-refractivity contribution in [2.24, 2.45) is 0 Å². The van der Waals surface area contributed by atoms with Crippen molar-refractivity contribution in [1.82, 2.24) is 15.8 Å². The quantitative estimate of drug-likeness (QED) is 0.420. The molecule has 126 valence electrons. The Morgan fingerprint density at radius 2 is 1.80 bits per heavy atom. The summed E-state index contributed by atoms with van der Waals surface area (Å²) in [5, 5.41) is 3.61. The summed E-state index contributed by atoms with van der Waals surface area (Å²) in [6.07, 6.45) is 1.41. The van der Waals surface area contributed by atoms with Gasteiger partial charge < -0.3 is 10.3 Å². The minimum absolute atomic E-state index is 0.00751. The first-order valence-corrected chi connectivity index (χ1v) is 8.00. The van der Waals surface area contributed by atoms with Gasteiger partial charge in [0.2, 0.25) is 5.43 Å². The van der Waals surface area contributed by atoms with Crippen LogP contribution in [0.1, 0.15) is 15.9 Å². The molecule has 0 atom stereocenters. The summed E-state index contributed by atoms with van der Waals surface area (Å²) >= 11 is 5.11. The molecule has 0 aliphatic rings. The Balaban J connectivity index is 1.71. The third-order valence-electron chi connectivity index (χ3n) is 3.69. The van der Waals surface area contributed by atoms with Crippen LogP contribution in [-0.2, 0) is 0 Å². The smallest absolute Gasteiger partial charge is 0.275 e. The van der Waals surface area contributed by atoms with Gasteiger partial charge in [0, 0.05) is 17.3 Å². The van der Waals surface area contributed by atoms with Crippen LogP contribution >= 0.6 is 12.2 Å². The Labute approximate surface area is 149 Å². The molecule has 2 aromatic carbocycles. The third-order valence-corrected chi connectivity index (χ3v) is 3.89. The topological polar surface area (TPSA) is 86.0 Å². The van der Waals surface area contributed by atoms with Gasteiger partial charge in [-0.25, -0.2) is 0 Å². The van der Waals surface area contributed by atoms with E-state index in [1.54, 1.807) is 12.1 Å². The third kappa shape index (κ3) is 3.67. The zero-order chi connectivity index (χ0) is 17.8. The predicted octanol–water partition coefficient (Wildman–Crippen LogP) is 2.47. The molecule has 1 aromatic heterocycles. The van der Waals surface area contributed by atoms with Crippen LogP contribution in [0.4, 0.5) is 5.69 Å². The van der Waals surface area contributed by atoms with Gasteiger partial charge in [0.1, 0.15) is 5.56 Å². The first kappa shape index (κ1) is 16.7. The van der Waals surface area contributed by atoms with Crippen LogP contribution in [0.25, 0.3) is 10.9 Å². The lowest BCUT2D eigenvalue weighted by molar-refractivity contribution is 0.0943. The summed E-state index contributed by atoms with van der Waals surface area (Å²) in [5.74, 6) is -0.568.